The first-order chi connectivity index (χ1) is 14.9. The number of piperidine rings is 1. The molecule has 4 rings (SSSR count). The van der Waals surface area contributed by atoms with Crippen molar-refractivity contribution in [2.24, 2.45) is 0 Å². The lowest BCUT2D eigenvalue weighted by molar-refractivity contribution is 0.0600. The molecule has 2 amide bonds. The third-order valence-electron chi connectivity index (χ3n) is 5.95. The minimum Gasteiger partial charge on any atom is -0.490 e. The maximum absolute atomic E-state index is 12.9. The molecule has 0 radical (unpaired) electrons. The average Bonchev–Trinajstić information content (AvgIpc) is 3.03. The highest BCUT2D eigenvalue weighted by atomic mass is 35.5. The number of nitrogens with one attached hydrogen (secondary N) is 1. The Balaban J connectivity index is 1.33. The Bertz CT molecular complexity index is 953. The van der Waals surface area contributed by atoms with E-state index < -0.39 is 0 Å². The van der Waals surface area contributed by atoms with Gasteiger partial charge in [-0.2, -0.15) is 0 Å². The molecule has 2 aromatic carbocycles. The molecule has 1 N–H and O–H groups in total. The van der Waals surface area contributed by atoms with Gasteiger partial charge in [-0.1, -0.05) is 29.3 Å². The summed E-state index contributed by atoms with van der Waals surface area (Å²) in [4.78, 5) is 26.4. The highest BCUT2D eigenvalue weighted by Gasteiger charge is 2.44. The van der Waals surface area contributed by atoms with Crippen molar-refractivity contribution in [3.63, 3.8) is 0 Å². The second-order valence-corrected chi connectivity index (χ2v) is 8.76. The molecular weight excluding hydrogens is 439 g/mol. The molecule has 2 fully saturated rings. The van der Waals surface area contributed by atoms with Gasteiger partial charge in [-0.05, 0) is 54.8 Å². The Hall–Kier alpha value is -2.44. The molecule has 2 aromatic rings. The molecule has 164 valence electrons. The van der Waals surface area contributed by atoms with Gasteiger partial charge in [0.1, 0.15) is 11.9 Å². The van der Waals surface area contributed by atoms with E-state index in [1.807, 2.05) is 11.0 Å². The molecule has 2 aliphatic rings. The van der Waals surface area contributed by atoms with Gasteiger partial charge in [-0.15, -0.1) is 0 Å². The van der Waals surface area contributed by atoms with Crippen LogP contribution in [0.5, 0.6) is 5.75 Å². The summed E-state index contributed by atoms with van der Waals surface area (Å²) in [6.45, 7) is 0.358. The lowest BCUT2D eigenvalue weighted by atomic mass is 10.00. The van der Waals surface area contributed by atoms with Crippen LogP contribution in [0.15, 0.2) is 42.5 Å². The van der Waals surface area contributed by atoms with Crippen molar-refractivity contribution in [2.75, 3.05) is 7.11 Å². The molecule has 2 atom stereocenters. The monoisotopic (exact) mass is 462 g/mol. The van der Waals surface area contributed by atoms with Gasteiger partial charge in [0.05, 0.1) is 12.7 Å². The Morgan fingerprint density at radius 1 is 1.06 bits per heavy atom. The molecule has 31 heavy (non-hydrogen) atoms. The molecule has 2 aliphatic heterocycles. The predicted octanol–water partition coefficient (Wildman–Crippen LogP) is 5.06. The van der Waals surface area contributed by atoms with Crippen molar-refractivity contribution < 1.29 is 19.1 Å². The lowest BCUT2D eigenvalue weighted by Crippen LogP contribution is -2.52. The number of esters is 1. The Morgan fingerprint density at radius 2 is 1.74 bits per heavy atom. The van der Waals surface area contributed by atoms with Crippen molar-refractivity contribution in [2.45, 2.75) is 50.4 Å². The van der Waals surface area contributed by atoms with E-state index in [4.69, 9.17) is 32.7 Å². The van der Waals surface area contributed by atoms with Gasteiger partial charge < -0.3 is 19.7 Å². The first-order valence-corrected chi connectivity index (χ1v) is 11.1. The second-order valence-electron chi connectivity index (χ2n) is 7.91. The third-order valence-corrected chi connectivity index (χ3v) is 6.53. The zero-order valence-corrected chi connectivity index (χ0v) is 18.7. The normalized spacial score (nSPS) is 22.2. The van der Waals surface area contributed by atoms with Crippen LogP contribution in [-0.2, 0) is 11.3 Å². The van der Waals surface area contributed by atoms with Gasteiger partial charge >= 0.3 is 12.0 Å². The number of benzene rings is 2. The van der Waals surface area contributed by atoms with E-state index in [1.54, 1.807) is 36.4 Å². The van der Waals surface area contributed by atoms with Crippen molar-refractivity contribution >= 4 is 35.2 Å². The van der Waals surface area contributed by atoms with Crippen LogP contribution >= 0.6 is 23.2 Å². The van der Waals surface area contributed by atoms with Crippen LogP contribution in [0.25, 0.3) is 0 Å². The van der Waals surface area contributed by atoms with Crippen molar-refractivity contribution in [3.8, 4) is 5.75 Å². The lowest BCUT2D eigenvalue weighted by Gasteiger charge is -2.38. The molecule has 6 nitrogen and oxygen atoms in total. The van der Waals surface area contributed by atoms with Crippen LogP contribution in [0, 0.1) is 0 Å². The number of urea groups is 1. The number of nitrogens with zero attached hydrogens (tertiary/aromatic N) is 1. The van der Waals surface area contributed by atoms with Gasteiger partial charge in [0.15, 0.2) is 0 Å². The van der Waals surface area contributed by atoms with E-state index in [2.05, 4.69) is 5.32 Å². The second kappa shape index (κ2) is 9.37. The van der Waals surface area contributed by atoms with E-state index in [9.17, 15) is 9.59 Å². The van der Waals surface area contributed by atoms with Crippen LogP contribution in [0.2, 0.25) is 10.0 Å². The zero-order valence-electron chi connectivity index (χ0n) is 17.1. The molecule has 0 aromatic heterocycles. The third kappa shape index (κ3) is 4.91. The standard InChI is InChI=1S/C23H24Cl2N2O4/c1-30-22(28)14-3-8-19(9-4-14)31-20-11-17-6-7-18(12-20)27(17)23(29)26-13-15-2-5-16(24)10-21(15)25/h2-5,8-10,17-18,20H,6-7,11-13H2,1H3,(H,26,29)/t17-,18-/m0/s1. The van der Waals surface area contributed by atoms with Crippen LogP contribution in [-0.4, -0.2) is 42.2 Å². The van der Waals surface area contributed by atoms with Crippen molar-refractivity contribution in [3.05, 3.63) is 63.6 Å². The Kier molecular flexibility index (Phi) is 6.58. The Labute approximate surface area is 191 Å². The van der Waals surface area contributed by atoms with Crippen LogP contribution in [0.1, 0.15) is 41.6 Å². The molecular formula is C23H24Cl2N2O4. The summed E-state index contributed by atoms with van der Waals surface area (Å²) < 4.78 is 10.9. The highest BCUT2D eigenvalue weighted by molar-refractivity contribution is 6.35. The first-order valence-electron chi connectivity index (χ1n) is 10.3. The molecule has 2 saturated heterocycles. The topological polar surface area (TPSA) is 67.9 Å². The number of carbonyl (C=O) groups excluding carboxylic acids is 2. The van der Waals surface area contributed by atoms with Crippen LogP contribution < -0.4 is 10.1 Å². The molecule has 0 spiro atoms. The van der Waals surface area contributed by atoms with Crippen LogP contribution in [0.4, 0.5) is 4.79 Å². The van der Waals surface area contributed by atoms with E-state index in [-0.39, 0.29) is 30.2 Å². The number of rotatable bonds is 5. The minimum absolute atomic E-state index is 0.0382. The fraction of sp³-hybridized carbons (Fsp3) is 0.391. The molecule has 0 saturated carbocycles. The quantitative estimate of drug-likeness (QED) is 0.630. The number of ether oxygens (including phenoxy) is 2. The first kappa shape index (κ1) is 21.8. The molecule has 2 heterocycles. The Morgan fingerprint density at radius 3 is 2.35 bits per heavy atom. The number of halogens is 2. The smallest absolute Gasteiger partial charge is 0.337 e. The summed E-state index contributed by atoms with van der Waals surface area (Å²) >= 11 is 12.1. The van der Waals surface area contributed by atoms with Gasteiger partial charge in [0.2, 0.25) is 0 Å². The summed E-state index contributed by atoms with van der Waals surface area (Å²) in [7, 11) is 1.36. The number of methoxy groups -OCH3 is 1. The average molecular weight is 463 g/mol. The zero-order chi connectivity index (χ0) is 22.0. The summed E-state index contributed by atoms with van der Waals surface area (Å²) in [6, 6.07) is 12.4. The number of fused-ring (bicyclic) bond motifs is 2. The molecule has 2 bridgehead atoms. The number of carbonyl (C=O) groups is 2. The van der Waals surface area contributed by atoms with Gasteiger partial charge in [-0.3, -0.25) is 0 Å². The minimum atomic E-state index is -0.371. The fourth-order valence-electron chi connectivity index (χ4n) is 4.46. The maximum atomic E-state index is 12.9. The number of hydrogen-bond acceptors (Lipinski definition) is 4. The highest BCUT2D eigenvalue weighted by Crippen LogP contribution is 2.37. The van der Waals surface area contributed by atoms with E-state index in [0.29, 0.717) is 27.9 Å². The fourth-order valence-corrected chi connectivity index (χ4v) is 4.94. The number of amides is 2. The van der Waals surface area contributed by atoms with E-state index >= 15 is 0 Å². The van der Waals surface area contributed by atoms with Gasteiger partial charge in [0, 0.05) is 41.5 Å². The summed E-state index contributed by atoms with van der Waals surface area (Å²) in [6.07, 6.45) is 3.55. The van der Waals surface area contributed by atoms with Crippen LogP contribution in [0.3, 0.4) is 0 Å². The van der Waals surface area contributed by atoms with E-state index in [1.165, 1.54) is 7.11 Å². The predicted molar refractivity (Wildman–Crippen MR) is 119 cm³/mol. The largest absolute Gasteiger partial charge is 0.490 e. The van der Waals surface area contributed by atoms with Crippen molar-refractivity contribution in [1.82, 2.24) is 10.2 Å². The summed E-state index contributed by atoms with van der Waals surface area (Å²) in [5.74, 6) is 0.344. The summed E-state index contributed by atoms with van der Waals surface area (Å²) in [5.41, 5.74) is 1.32. The van der Waals surface area contributed by atoms with Gasteiger partial charge in [-0.25, -0.2) is 9.59 Å². The van der Waals surface area contributed by atoms with Gasteiger partial charge in [0.25, 0.3) is 0 Å². The number of hydrogen-bond donors (Lipinski definition) is 1. The molecule has 8 heteroatoms. The maximum Gasteiger partial charge on any atom is 0.337 e. The van der Waals surface area contributed by atoms with E-state index in [0.717, 1.165) is 31.2 Å². The van der Waals surface area contributed by atoms with Crippen molar-refractivity contribution in [1.29, 1.82) is 0 Å². The summed E-state index contributed by atoms with van der Waals surface area (Å²) in [5, 5.41) is 4.10. The molecule has 0 aliphatic carbocycles. The molecule has 0 unspecified atom stereocenters. The SMILES string of the molecule is COC(=O)c1ccc(OC2C[C@@H]3CC[C@@H](C2)N3C(=O)NCc2ccc(Cl)cc2Cl)cc1.